The monoisotopic (exact) mass is 424 g/mol. The number of hydrogen-bond acceptors (Lipinski definition) is 5. The van der Waals surface area contributed by atoms with Gasteiger partial charge in [0.25, 0.3) is 0 Å². The summed E-state index contributed by atoms with van der Waals surface area (Å²) in [7, 11) is -1.69. The maximum atomic E-state index is 12.8. The first-order valence-electron chi connectivity index (χ1n) is 10.6. The lowest BCUT2D eigenvalue weighted by Crippen LogP contribution is -2.44. The Balaban J connectivity index is 1.66. The van der Waals surface area contributed by atoms with E-state index < -0.39 is 10.0 Å². The van der Waals surface area contributed by atoms with Gasteiger partial charge in [-0.05, 0) is 57.1 Å². The largest absolute Gasteiger partial charge is 0.493 e. The van der Waals surface area contributed by atoms with Gasteiger partial charge in [0.2, 0.25) is 15.9 Å². The van der Waals surface area contributed by atoms with Gasteiger partial charge in [0.15, 0.2) is 11.5 Å². The van der Waals surface area contributed by atoms with Crippen LogP contribution in [0.15, 0.2) is 18.2 Å². The molecule has 1 aliphatic carbocycles. The fourth-order valence-electron chi connectivity index (χ4n) is 4.07. The van der Waals surface area contributed by atoms with Crippen LogP contribution >= 0.6 is 0 Å². The van der Waals surface area contributed by atoms with Gasteiger partial charge in [0, 0.05) is 24.8 Å². The number of nitrogens with one attached hydrogen (secondary N) is 1. The van der Waals surface area contributed by atoms with Crippen LogP contribution in [0.4, 0.5) is 5.69 Å². The molecule has 3 rings (SSSR count). The summed E-state index contributed by atoms with van der Waals surface area (Å²) in [6, 6.07) is 5.37. The Morgan fingerprint density at radius 3 is 2.62 bits per heavy atom. The van der Waals surface area contributed by atoms with Crippen LogP contribution in [0, 0.1) is 5.92 Å². The van der Waals surface area contributed by atoms with E-state index in [1.165, 1.54) is 17.1 Å². The first-order valence-corrected chi connectivity index (χ1v) is 12.2. The Morgan fingerprint density at radius 1 is 1.17 bits per heavy atom. The molecule has 2 fully saturated rings. The second-order valence-electron chi connectivity index (χ2n) is 7.89. The summed E-state index contributed by atoms with van der Waals surface area (Å²) in [5.41, 5.74) is 0.636. The summed E-state index contributed by atoms with van der Waals surface area (Å²) in [4.78, 5) is 12.8. The Bertz CT molecular complexity index is 805. The molecule has 1 heterocycles. The molecular weight excluding hydrogens is 392 g/mol. The molecule has 1 unspecified atom stereocenters. The number of carbonyl (C=O) groups excluding carboxylic acids is 1. The second kappa shape index (κ2) is 9.80. The maximum absolute atomic E-state index is 12.8. The zero-order valence-corrected chi connectivity index (χ0v) is 18.2. The predicted molar refractivity (Wildman–Crippen MR) is 113 cm³/mol. The molecule has 0 aromatic heterocycles. The van der Waals surface area contributed by atoms with E-state index in [1.807, 2.05) is 6.92 Å². The summed E-state index contributed by atoms with van der Waals surface area (Å²) in [5, 5.41) is 2.94. The summed E-state index contributed by atoms with van der Waals surface area (Å²) < 4.78 is 37.7. The smallest absolute Gasteiger partial charge is 0.228 e. The van der Waals surface area contributed by atoms with E-state index >= 15 is 0 Å². The van der Waals surface area contributed by atoms with E-state index in [1.54, 1.807) is 25.3 Å². The molecule has 1 atom stereocenters. The summed E-state index contributed by atoms with van der Waals surface area (Å²) >= 11 is 0. The van der Waals surface area contributed by atoms with E-state index in [0.29, 0.717) is 43.0 Å². The summed E-state index contributed by atoms with van der Waals surface area (Å²) in [6.07, 6.45) is 6.54. The number of hydrogen-bond donors (Lipinski definition) is 1. The van der Waals surface area contributed by atoms with Crippen LogP contribution in [0.25, 0.3) is 0 Å². The zero-order valence-electron chi connectivity index (χ0n) is 17.4. The lowest BCUT2D eigenvalue weighted by molar-refractivity contribution is -0.120. The molecule has 162 valence electrons. The van der Waals surface area contributed by atoms with E-state index in [9.17, 15) is 13.2 Å². The van der Waals surface area contributed by atoms with Crippen LogP contribution in [-0.2, 0) is 14.8 Å². The molecule has 0 radical (unpaired) electrons. The minimum absolute atomic E-state index is 0.127. The average Bonchev–Trinajstić information content (AvgIpc) is 3.21. The highest BCUT2D eigenvalue weighted by Gasteiger charge is 2.32. The van der Waals surface area contributed by atoms with Crippen LogP contribution < -0.4 is 14.8 Å². The first kappa shape index (κ1) is 21.9. The molecule has 8 heteroatoms. The van der Waals surface area contributed by atoms with Crippen molar-refractivity contribution >= 4 is 21.6 Å². The van der Waals surface area contributed by atoms with Crippen molar-refractivity contribution < 1.29 is 22.7 Å². The SMILES string of the molecule is CCCS(=O)(=O)N1CCCC(C(=O)Nc2ccc(OC)c(OC3CCCC3)c2)C1. The van der Waals surface area contributed by atoms with Gasteiger partial charge in [0.1, 0.15) is 0 Å². The second-order valence-corrected chi connectivity index (χ2v) is 9.98. The van der Waals surface area contributed by atoms with Crippen LogP contribution in [0.1, 0.15) is 51.9 Å². The number of anilines is 1. The van der Waals surface area contributed by atoms with Crippen molar-refractivity contribution in [2.24, 2.45) is 5.92 Å². The molecule has 1 aromatic carbocycles. The number of methoxy groups -OCH3 is 1. The molecule has 1 aromatic rings. The van der Waals surface area contributed by atoms with Crippen molar-refractivity contribution in [1.29, 1.82) is 0 Å². The van der Waals surface area contributed by atoms with Crippen LogP contribution in [0.5, 0.6) is 11.5 Å². The van der Waals surface area contributed by atoms with Gasteiger partial charge in [0.05, 0.1) is 24.9 Å². The number of ether oxygens (including phenoxy) is 2. The topological polar surface area (TPSA) is 84.9 Å². The van der Waals surface area contributed by atoms with Gasteiger partial charge in [-0.15, -0.1) is 0 Å². The fraction of sp³-hybridized carbons (Fsp3) is 0.667. The number of piperidine rings is 1. The number of benzene rings is 1. The highest BCUT2D eigenvalue weighted by Crippen LogP contribution is 2.34. The minimum Gasteiger partial charge on any atom is -0.493 e. The highest BCUT2D eigenvalue weighted by molar-refractivity contribution is 7.89. The lowest BCUT2D eigenvalue weighted by atomic mass is 9.98. The van der Waals surface area contributed by atoms with Crippen molar-refractivity contribution in [3.8, 4) is 11.5 Å². The molecule has 1 amide bonds. The van der Waals surface area contributed by atoms with Gasteiger partial charge in [-0.25, -0.2) is 12.7 Å². The number of rotatable bonds is 8. The molecule has 0 bridgehead atoms. The van der Waals surface area contributed by atoms with Crippen LogP contribution in [-0.4, -0.2) is 50.7 Å². The molecule has 1 saturated carbocycles. The highest BCUT2D eigenvalue weighted by atomic mass is 32.2. The number of sulfonamides is 1. The number of amides is 1. The van der Waals surface area contributed by atoms with Crippen LogP contribution in [0.2, 0.25) is 0 Å². The van der Waals surface area contributed by atoms with Crippen molar-refractivity contribution in [3.05, 3.63) is 18.2 Å². The fourth-order valence-corrected chi connectivity index (χ4v) is 5.66. The van der Waals surface area contributed by atoms with E-state index in [2.05, 4.69) is 5.32 Å². The molecule has 2 aliphatic rings. The van der Waals surface area contributed by atoms with Gasteiger partial charge >= 0.3 is 0 Å². The van der Waals surface area contributed by atoms with E-state index in [0.717, 1.165) is 12.8 Å². The third kappa shape index (κ3) is 5.63. The van der Waals surface area contributed by atoms with Gasteiger partial charge in [-0.1, -0.05) is 6.92 Å². The maximum Gasteiger partial charge on any atom is 0.228 e. The summed E-state index contributed by atoms with van der Waals surface area (Å²) in [5.74, 6) is 0.897. The third-order valence-electron chi connectivity index (χ3n) is 5.64. The molecule has 7 nitrogen and oxygen atoms in total. The van der Waals surface area contributed by atoms with E-state index in [4.69, 9.17) is 9.47 Å². The van der Waals surface area contributed by atoms with Crippen molar-refractivity contribution in [1.82, 2.24) is 4.31 Å². The van der Waals surface area contributed by atoms with Gasteiger partial charge in [-0.2, -0.15) is 0 Å². The molecule has 29 heavy (non-hydrogen) atoms. The molecule has 1 saturated heterocycles. The Morgan fingerprint density at radius 2 is 1.93 bits per heavy atom. The Kier molecular flexibility index (Phi) is 7.40. The van der Waals surface area contributed by atoms with Crippen molar-refractivity contribution in [2.75, 3.05) is 31.3 Å². The standard InChI is InChI=1S/C21H32N2O5S/c1-3-13-29(25,26)23-12-6-7-16(15-23)21(24)22-17-10-11-19(27-2)20(14-17)28-18-8-4-5-9-18/h10-11,14,16,18H,3-9,12-13,15H2,1-2H3,(H,22,24). The molecule has 1 N–H and O–H groups in total. The molecule has 1 aliphatic heterocycles. The van der Waals surface area contributed by atoms with Crippen LogP contribution in [0.3, 0.4) is 0 Å². The molecule has 0 spiro atoms. The molecular formula is C21H32N2O5S. The average molecular weight is 425 g/mol. The lowest BCUT2D eigenvalue weighted by Gasteiger charge is -2.31. The number of nitrogens with zero attached hydrogens (tertiary/aromatic N) is 1. The first-order chi connectivity index (χ1) is 13.9. The predicted octanol–water partition coefficient (Wildman–Crippen LogP) is 3.41. The minimum atomic E-state index is -3.29. The Hall–Kier alpha value is -1.80. The summed E-state index contributed by atoms with van der Waals surface area (Å²) in [6.45, 7) is 2.59. The van der Waals surface area contributed by atoms with Crippen molar-refractivity contribution in [3.63, 3.8) is 0 Å². The van der Waals surface area contributed by atoms with Gasteiger partial charge < -0.3 is 14.8 Å². The number of carbonyl (C=O) groups is 1. The normalized spacial score (nSPS) is 21.1. The third-order valence-corrected chi connectivity index (χ3v) is 7.68. The Labute approximate surface area is 173 Å². The van der Waals surface area contributed by atoms with Gasteiger partial charge in [-0.3, -0.25) is 4.79 Å². The van der Waals surface area contributed by atoms with Crippen molar-refractivity contribution in [2.45, 2.75) is 58.0 Å². The zero-order chi connectivity index (χ0) is 20.9. The van der Waals surface area contributed by atoms with E-state index in [-0.39, 0.29) is 30.2 Å². The quantitative estimate of drug-likeness (QED) is 0.691.